The van der Waals surface area contributed by atoms with Crippen molar-refractivity contribution in [2.45, 2.75) is 4.90 Å². The van der Waals surface area contributed by atoms with E-state index in [0.29, 0.717) is 15.7 Å². The first-order chi connectivity index (χ1) is 8.99. The van der Waals surface area contributed by atoms with E-state index >= 15 is 0 Å². The van der Waals surface area contributed by atoms with Gasteiger partial charge in [0, 0.05) is 16.6 Å². The fourth-order valence-electron chi connectivity index (χ4n) is 1.40. The van der Waals surface area contributed by atoms with Gasteiger partial charge in [0.15, 0.2) is 9.84 Å². The molecule has 0 aliphatic heterocycles. The maximum absolute atomic E-state index is 12.1. The zero-order chi connectivity index (χ0) is 13.9. The highest BCUT2D eigenvalue weighted by Crippen LogP contribution is 2.19. The van der Waals surface area contributed by atoms with E-state index in [1.807, 2.05) is 0 Å². The van der Waals surface area contributed by atoms with Crippen molar-refractivity contribution in [1.82, 2.24) is 4.98 Å². The summed E-state index contributed by atoms with van der Waals surface area (Å²) in [5.41, 5.74) is 0.398. The molecule has 0 amide bonds. The van der Waals surface area contributed by atoms with Crippen LogP contribution in [-0.4, -0.2) is 13.4 Å². The zero-order valence-electron chi connectivity index (χ0n) is 9.62. The Morgan fingerprint density at radius 1 is 1.11 bits per heavy atom. The van der Waals surface area contributed by atoms with E-state index in [9.17, 15) is 8.42 Å². The number of sulfone groups is 1. The summed E-state index contributed by atoms with van der Waals surface area (Å²) in [4.78, 5) is 4.11. The lowest BCUT2D eigenvalue weighted by molar-refractivity contribution is 0.605. The van der Waals surface area contributed by atoms with Crippen LogP contribution in [0.2, 0.25) is 10.0 Å². The Hall–Kier alpha value is -1.36. The van der Waals surface area contributed by atoms with E-state index in [4.69, 9.17) is 23.2 Å². The van der Waals surface area contributed by atoms with Gasteiger partial charge in [-0.15, -0.1) is 0 Å². The van der Waals surface area contributed by atoms with Gasteiger partial charge in [0.2, 0.25) is 0 Å². The molecule has 1 aromatic carbocycles. The van der Waals surface area contributed by atoms with Crippen molar-refractivity contribution in [2.75, 3.05) is 0 Å². The standard InChI is InChI=1S/C13H9Cl2NO2S/c14-10-3-1-4-11(9-10)19(17,18)8-6-13-12(15)5-2-7-16-13/h1-9H/b8-6-. The smallest absolute Gasteiger partial charge is 0.199 e. The van der Waals surface area contributed by atoms with Gasteiger partial charge in [0.25, 0.3) is 0 Å². The lowest BCUT2D eigenvalue weighted by Gasteiger charge is -2.00. The molecule has 0 aliphatic carbocycles. The summed E-state index contributed by atoms with van der Waals surface area (Å²) < 4.78 is 24.1. The fraction of sp³-hybridized carbons (Fsp3) is 0. The highest BCUT2D eigenvalue weighted by Gasteiger charge is 2.10. The van der Waals surface area contributed by atoms with Crippen molar-refractivity contribution in [3.63, 3.8) is 0 Å². The predicted molar refractivity (Wildman–Crippen MR) is 76.9 cm³/mol. The van der Waals surface area contributed by atoms with E-state index in [2.05, 4.69) is 4.98 Å². The molecule has 0 bridgehead atoms. The average Bonchev–Trinajstić information content (AvgIpc) is 2.38. The first-order valence-corrected chi connectivity index (χ1v) is 7.58. The number of rotatable bonds is 3. The Labute approximate surface area is 121 Å². The lowest BCUT2D eigenvalue weighted by atomic mass is 10.3. The molecular formula is C13H9Cl2NO2S. The minimum absolute atomic E-state index is 0.128. The topological polar surface area (TPSA) is 47.0 Å². The van der Waals surface area contributed by atoms with Crippen molar-refractivity contribution in [1.29, 1.82) is 0 Å². The van der Waals surface area contributed by atoms with Crippen molar-refractivity contribution < 1.29 is 8.42 Å². The average molecular weight is 314 g/mol. The second-order valence-electron chi connectivity index (χ2n) is 3.68. The molecule has 1 heterocycles. The summed E-state index contributed by atoms with van der Waals surface area (Å²) in [6, 6.07) is 9.37. The minimum atomic E-state index is -3.56. The summed E-state index contributed by atoms with van der Waals surface area (Å²) in [6.45, 7) is 0. The van der Waals surface area contributed by atoms with Crippen LogP contribution in [0.25, 0.3) is 6.08 Å². The van der Waals surface area contributed by atoms with Gasteiger partial charge >= 0.3 is 0 Å². The molecule has 0 aliphatic rings. The maximum atomic E-state index is 12.1. The molecule has 0 atom stereocenters. The highest BCUT2D eigenvalue weighted by molar-refractivity contribution is 7.94. The van der Waals surface area contributed by atoms with Crippen LogP contribution in [-0.2, 0) is 9.84 Å². The zero-order valence-corrected chi connectivity index (χ0v) is 12.0. The molecule has 3 nitrogen and oxygen atoms in total. The van der Waals surface area contributed by atoms with Gasteiger partial charge in [-0.05, 0) is 36.4 Å². The summed E-state index contributed by atoms with van der Waals surface area (Å²) in [7, 11) is -3.56. The first-order valence-electron chi connectivity index (χ1n) is 5.28. The lowest BCUT2D eigenvalue weighted by Crippen LogP contribution is -1.96. The molecule has 1 aromatic heterocycles. The number of benzene rings is 1. The maximum Gasteiger partial charge on any atom is 0.199 e. The van der Waals surface area contributed by atoms with E-state index in [-0.39, 0.29) is 4.90 Å². The third kappa shape index (κ3) is 3.56. The van der Waals surface area contributed by atoms with Gasteiger partial charge in [-0.3, -0.25) is 4.98 Å². The number of halogens is 2. The Morgan fingerprint density at radius 3 is 2.58 bits per heavy atom. The third-order valence-electron chi connectivity index (χ3n) is 2.32. The molecule has 2 aromatic rings. The molecule has 0 fully saturated rings. The molecule has 0 unspecified atom stereocenters. The largest absolute Gasteiger partial charge is 0.255 e. The van der Waals surface area contributed by atoms with Crippen LogP contribution in [0.3, 0.4) is 0 Å². The second kappa shape index (κ2) is 5.74. The number of hydrogen-bond acceptors (Lipinski definition) is 3. The molecule has 0 radical (unpaired) electrons. The number of pyridine rings is 1. The molecule has 0 spiro atoms. The molecule has 98 valence electrons. The molecule has 2 rings (SSSR count). The fourth-order valence-corrected chi connectivity index (χ4v) is 2.86. The number of hydrogen-bond donors (Lipinski definition) is 0. The van der Waals surface area contributed by atoms with Crippen LogP contribution < -0.4 is 0 Å². The van der Waals surface area contributed by atoms with Crippen LogP contribution in [0, 0.1) is 0 Å². The number of nitrogens with zero attached hydrogens (tertiary/aromatic N) is 1. The van der Waals surface area contributed by atoms with Crippen LogP contribution in [0.5, 0.6) is 0 Å². The highest BCUT2D eigenvalue weighted by atomic mass is 35.5. The van der Waals surface area contributed by atoms with Gasteiger partial charge < -0.3 is 0 Å². The van der Waals surface area contributed by atoms with Gasteiger partial charge in [0.05, 0.1) is 15.6 Å². The van der Waals surface area contributed by atoms with Gasteiger partial charge in [-0.25, -0.2) is 8.42 Å². The van der Waals surface area contributed by atoms with Gasteiger partial charge in [0.1, 0.15) is 0 Å². The predicted octanol–water partition coefficient (Wildman–Crippen LogP) is 3.83. The van der Waals surface area contributed by atoms with Crippen molar-refractivity contribution >= 4 is 39.1 Å². The Kier molecular flexibility index (Phi) is 4.24. The van der Waals surface area contributed by atoms with Crippen molar-refractivity contribution in [2.24, 2.45) is 0 Å². The van der Waals surface area contributed by atoms with Crippen LogP contribution in [0.4, 0.5) is 0 Å². The summed E-state index contributed by atoms with van der Waals surface area (Å²) in [5, 5.41) is 1.82. The summed E-state index contributed by atoms with van der Waals surface area (Å²) in [6.07, 6.45) is 2.90. The normalized spacial score (nSPS) is 11.9. The third-order valence-corrected chi connectivity index (χ3v) is 4.28. The van der Waals surface area contributed by atoms with Crippen molar-refractivity contribution in [3.05, 3.63) is 63.7 Å². The molecule has 6 heteroatoms. The van der Waals surface area contributed by atoms with Gasteiger partial charge in [-0.1, -0.05) is 29.3 Å². The summed E-state index contributed by atoms with van der Waals surface area (Å²) >= 11 is 11.7. The second-order valence-corrected chi connectivity index (χ2v) is 6.35. The number of aromatic nitrogens is 1. The van der Waals surface area contributed by atoms with E-state index in [0.717, 1.165) is 5.41 Å². The van der Waals surface area contributed by atoms with E-state index < -0.39 is 9.84 Å². The Bertz CT molecular complexity index is 727. The van der Waals surface area contributed by atoms with Gasteiger partial charge in [-0.2, -0.15) is 0 Å². The first kappa shape index (κ1) is 14.1. The quantitative estimate of drug-likeness (QED) is 0.865. The van der Waals surface area contributed by atoms with E-state index in [1.54, 1.807) is 24.3 Å². The molecule has 0 saturated carbocycles. The molecule has 0 N–H and O–H groups in total. The summed E-state index contributed by atoms with van der Waals surface area (Å²) in [5.74, 6) is 0. The Morgan fingerprint density at radius 2 is 1.89 bits per heavy atom. The molecular weight excluding hydrogens is 305 g/mol. The molecule has 19 heavy (non-hydrogen) atoms. The van der Waals surface area contributed by atoms with Crippen LogP contribution >= 0.6 is 23.2 Å². The Balaban J connectivity index is 2.35. The van der Waals surface area contributed by atoms with Crippen LogP contribution in [0.15, 0.2) is 52.9 Å². The monoisotopic (exact) mass is 313 g/mol. The SMILES string of the molecule is O=S(=O)(/C=C\c1ncccc1Cl)c1cccc(Cl)c1. The molecule has 0 saturated heterocycles. The van der Waals surface area contributed by atoms with Crippen LogP contribution in [0.1, 0.15) is 5.69 Å². The minimum Gasteiger partial charge on any atom is -0.255 e. The van der Waals surface area contributed by atoms with E-state index in [1.165, 1.54) is 24.4 Å². The van der Waals surface area contributed by atoms with Crippen molar-refractivity contribution in [3.8, 4) is 0 Å².